The average molecular weight is 256 g/mol. The molecule has 0 aliphatic carbocycles. The van der Waals surface area contributed by atoms with Crippen molar-refractivity contribution in [1.29, 1.82) is 0 Å². The van der Waals surface area contributed by atoms with Crippen molar-refractivity contribution in [3.8, 4) is 0 Å². The first-order chi connectivity index (χ1) is 8.34. The van der Waals surface area contributed by atoms with E-state index in [9.17, 15) is 5.21 Å². The molecule has 0 aromatic carbocycles. The van der Waals surface area contributed by atoms with Crippen LogP contribution >= 0.6 is 0 Å². The first-order valence-electron chi connectivity index (χ1n) is 7.10. The molecule has 3 atom stereocenters. The lowest BCUT2D eigenvalue weighted by molar-refractivity contribution is -0.272. The van der Waals surface area contributed by atoms with Gasteiger partial charge in [-0.05, 0) is 26.7 Å². The second kappa shape index (κ2) is 4.44. The molecule has 0 amide bonds. The van der Waals surface area contributed by atoms with E-state index in [1.165, 1.54) is 5.06 Å². The monoisotopic (exact) mass is 256 g/mol. The average Bonchev–Trinajstić information content (AvgIpc) is 2.83. The summed E-state index contributed by atoms with van der Waals surface area (Å²) in [5.41, 5.74) is -0.824. The number of ether oxygens (including phenoxy) is 2. The molecule has 0 aromatic heterocycles. The summed E-state index contributed by atoms with van der Waals surface area (Å²) in [5, 5.41) is 14.1. The Bertz CT molecular complexity index is 314. The van der Waals surface area contributed by atoms with E-state index >= 15 is 0 Å². The number of hydroxylamine groups is 2. The molecule has 0 bridgehead atoms. The van der Waals surface area contributed by atoms with Crippen LogP contribution in [0.4, 0.5) is 0 Å². The summed E-state index contributed by atoms with van der Waals surface area (Å²) in [6.07, 6.45) is 2.28. The van der Waals surface area contributed by atoms with E-state index in [4.69, 9.17) is 9.47 Å². The van der Waals surface area contributed by atoms with Crippen LogP contribution in [-0.4, -0.2) is 35.1 Å². The van der Waals surface area contributed by atoms with Gasteiger partial charge in [-0.3, -0.25) is 0 Å². The fraction of sp³-hybridized carbons (Fsp3) is 1.00. The fourth-order valence-corrected chi connectivity index (χ4v) is 3.56. The Kier molecular flexibility index (Phi) is 3.52. The van der Waals surface area contributed by atoms with E-state index < -0.39 is 16.9 Å². The lowest BCUT2D eigenvalue weighted by Crippen LogP contribution is -2.70. The second-order valence-electron chi connectivity index (χ2n) is 6.26. The zero-order valence-electron chi connectivity index (χ0n) is 12.3. The van der Waals surface area contributed by atoms with Gasteiger partial charge in [0.05, 0.1) is 13.2 Å². The molecule has 1 spiro atoms. The minimum Gasteiger partial charge on any atom is -0.784 e. The van der Waals surface area contributed by atoms with Gasteiger partial charge in [0, 0.05) is 23.4 Å². The molecule has 106 valence electrons. The second-order valence-corrected chi connectivity index (χ2v) is 6.26. The van der Waals surface area contributed by atoms with Crippen LogP contribution in [0.25, 0.3) is 0 Å². The van der Waals surface area contributed by atoms with Gasteiger partial charge in [0.25, 0.3) is 0 Å². The van der Waals surface area contributed by atoms with Gasteiger partial charge in [-0.1, -0.05) is 20.8 Å². The summed E-state index contributed by atoms with van der Waals surface area (Å²) in [6.45, 7) is 11.6. The SMILES string of the molecule is CCC1(C)CC2(OCCO2)C(C)C(C)(CC)N1[O-]. The Labute approximate surface area is 110 Å². The van der Waals surface area contributed by atoms with E-state index in [-0.39, 0.29) is 5.92 Å². The van der Waals surface area contributed by atoms with Gasteiger partial charge in [-0.15, -0.1) is 0 Å². The lowest BCUT2D eigenvalue weighted by atomic mass is 9.67. The molecule has 3 unspecified atom stereocenters. The quantitative estimate of drug-likeness (QED) is 0.762. The van der Waals surface area contributed by atoms with Gasteiger partial charge in [0.1, 0.15) is 0 Å². The van der Waals surface area contributed by atoms with Gasteiger partial charge in [-0.2, -0.15) is 0 Å². The number of hydrogen-bond donors (Lipinski definition) is 0. The first-order valence-corrected chi connectivity index (χ1v) is 7.10. The standard InChI is InChI=1S/C14H26NO3/c1-6-12(4)10-14(17-8-9-18-14)11(3)13(5,7-2)15(12)16/h11H,6-10H2,1-5H3/q-1. The van der Waals surface area contributed by atoms with Gasteiger partial charge >= 0.3 is 0 Å². The molecular weight excluding hydrogens is 230 g/mol. The third kappa shape index (κ3) is 1.73. The predicted octanol–water partition coefficient (Wildman–Crippen LogP) is 2.91. The summed E-state index contributed by atoms with van der Waals surface area (Å²) < 4.78 is 11.9. The Morgan fingerprint density at radius 1 is 1.17 bits per heavy atom. The summed E-state index contributed by atoms with van der Waals surface area (Å²) in [6, 6.07) is 0. The van der Waals surface area contributed by atoms with Gasteiger partial charge < -0.3 is 19.7 Å². The van der Waals surface area contributed by atoms with Crippen molar-refractivity contribution < 1.29 is 9.47 Å². The van der Waals surface area contributed by atoms with E-state index in [1.807, 2.05) is 13.8 Å². The lowest BCUT2D eigenvalue weighted by Gasteiger charge is -2.66. The summed E-state index contributed by atoms with van der Waals surface area (Å²) >= 11 is 0. The zero-order valence-corrected chi connectivity index (χ0v) is 12.3. The third-order valence-electron chi connectivity index (χ3n) is 5.43. The largest absolute Gasteiger partial charge is 0.784 e. The van der Waals surface area contributed by atoms with Crippen LogP contribution < -0.4 is 0 Å². The maximum Gasteiger partial charge on any atom is 0.174 e. The molecule has 4 nitrogen and oxygen atoms in total. The van der Waals surface area contributed by atoms with Gasteiger partial charge in [-0.25, -0.2) is 0 Å². The number of piperidine rings is 1. The normalized spacial score (nSPS) is 44.7. The van der Waals surface area contributed by atoms with Crippen molar-refractivity contribution in [2.75, 3.05) is 13.2 Å². The minimum atomic E-state index is -0.559. The topological polar surface area (TPSA) is 44.8 Å². The Morgan fingerprint density at radius 2 is 1.72 bits per heavy atom. The van der Waals surface area contributed by atoms with Crippen LogP contribution in [0.2, 0.25) is 0 Å². The highest BCUT2D eigenvalue weighted by Gasteiger charge is 2.59. The Hall–Kier alpha value is -0.160. The maximum absolute atomic E-state index is 12.8. The molecule has 2 heterocycles. The van der Waals surface area contributed by atoms with Crippen LogP contribution in [0.5, 0.6) is 0 Å². The van der Waals surface area contributed by atoms with Crippen LogP contribution in [0.15, 0.2) is 0 Å². The molecule has 2 saturated heterocycles. The van der Waals surface area contributed by atoms with Crippen LogP contribution in [-0.2, 0) is 9.47 Å². The summed E-state index contributed by atoms with van der Waals surface area (Å²) in [5.74, 6) is -0.481. The van der Waals surface area contributed by atoms with Crippen molar-refractivity contribution in [2.45, 2.75) is 70.7 Å². The number of hydrogen-bond acceptors (Lipinski definition) is 4. The molecule has 0 saturated carbocycles. The highest BCUT2D eigenvalue weighted by molar-refractivity contribution is 5.11. The first kappa shape index (κ1) is 14.3. The van der Waals surface area contributed by atoms with Crippen molar-refractivity contribution in [2.24, 2.45) is 5.92 Å². The van der Waals surface area contributed by atoms with Crippen LogP contribution in [0.3, 0.4) is 0 Å². The molecule has 0 radical (unpaired) electrons. The Morgan fingerprint density at radius 3 is 2.17 bits per heavy atom. The summed E-state index contributed by atoms with van der Waals surface area (Å²) in [7, 11) is 0. The summed E-state index contributed by atoms with van der Waals surface area (Å²) in [4.78, 5) is 0. The maximum atomic E-state index is 12.8. The Balaban J connectivity index is 2.42. The number of nitrogens with zero attached hydrogens (tertiary/aromatic N) is 1. The predicted molar refractivity (Wildman–Crippen MR) is 71.0 cm³/mol. The molecule has 18 heavy (non-hydrogen) atoms. The van der Waals surface area contributed by atoms with E-state index in [2.05, 4.69) is 20.8 Å². The molecule has 4 heteroatoms. The smallest absolute Gasteiger partial charge is 0.174 e. The minimum absolute atomic E-state index is 0.0784. The van der Waals surface area contributed by atoms with Crippen LogP contribution in [0, 0.1) is 11.1 Å². The van der Waals surface area contributed by atoms with Gasteiger partial charge in [0.15, 0.2) is 5.79 Å². The molecular formula is C14H26NO3-. The van der Waals surface area contributed by atoms with Crippen molar-refractivity contribution in [3.05, 3.63) is 5.21 Å². The van der Waals surface area contributed by atoms with Crippen LogP contribution in [0.1, 0.15) is 53.9 Å². The highest BCUT2D eigenvalue weighted by atomic mass is 16.7. The van der Waals surface area contributed by atoms with E-state index in [0.717, 1.165) is 12.8 Å². The molecule has 0 N–H and O–H groups in total. The third-order valence-corrected chi connectivity index (χ3v) is 5.43. The van der Waals surface area contributed by atoms with E-state index in [1.54, 1.807) is 0 Å². The molecule has 2 fully saturated rings. The zero-order chi connectivity index (χ0) is 13.6. The fourth-order valence-electron chi connectivity index (χ4n) is 3.56. The van der Waals surface area contributed by atoms with Crippen molar-refractivity contribution >= 4 is 0 Å². The molecule has 2 aliphatic heterocycles. The van der Waals surface area contributed by atoms with Gasteiger partial charge in [0.2, 0.25) is 0 Å². The molecule has 0 aromatic rings. The van der Waals surface area contributed by atoms with E-state index in [0.29, 0.717) is 19.6 Å². The van der Waals surface area contributed by atoms with Crippen molar-refractivity contribution in [1.82, 2.24) is 5.06 Å². The number of rotatable bonds is 2. The molecule has 2 rings (SSSR count). The molecule has 2 aliphatic rings. The highest BCUT2D eigenvalue weighted by Crippen LogP contribution is 2.52. The van der Waals surface area contributed by atoms with Crippen molar-refractivity contribution in [3.63, 3.8) is 0 Å².